The van der Waals surface area contributed by atoms with Crippen LogP contribution < -0.4 is 0 Å². The molecule has 60 valence electrons. The lowest BCUT2D eigenvalue weighted by molar-refractivity contribution is -0.117. The van der Waals surface area contributed by atoms with Crippen molar-refractivity contribution in [3.05, 3.63) is 12.2 Å². The van der Waals surface area contributed by atoms with Crippen molar-refractivity contribution in [2.45, 2.75) is 25.3 Å². The molecule has 1 saturated heterocycles. The average Bonchev–Trinajstić information content (AvgIpc) is 2.55. The highest BCUT2D eigenvalue weighted by molar-refractivity contribution is 5.82. The SMILES string of the molecule is O=C1CCN(C2CC=CC2)C1. The predicted molar refractivity (Wildman–Crippen MR) is 43.4 cm³/mol. The minimum Gasteiger partial charge on any atom is -0.298 e. The summed E-state index contributed by atoms with van der Waals surface area (Å²) in [5.74, 6) is 0.414. The van der Waals surface area contributed by atoms with Crippen LogP contribution in [0.2, 0.25) is 0 Å². The van der Waals surface area contributed by atoms with E-state index in [0.29, 0.717) is 18.4 Å². The molecule has 2 nitrogen and oxygen atoms in total. The van der Waals surface area contributed by atoms with Gasteiger partial charge in [0.1, 0.15) is 5.78 Å². The summed E-state index contributed by atoms with van der Waals surface area (Å²) in [6.07, 6.45) is 7.50. The summed E-state index contributed by atoms with van der Waals surface area (Å²) in [6.45, 7) is 1.69. The van der Waals surface area contributed by atoms with Gasteiger partial charge in [-0.3, -0.25) is 9.69 Å². The van der Waals surface area contributed by atoms with Gasteiger partial charge in [-0.2, -0.15) is 0 Å². The van der Waals surface area contributed by atoms with E-state index in [1.165, 1.54) is 0 Å². The standard InChI is InChI=1S/C9H13NO/c11-9-5-6-10(7-9)8-3-1-2-4-8/h1-2,8H,3-7H2. The van der Waals surface area contributed by atoms with Crippen molar-refractivity contribution in [3.63, 3.8) is 0 Å². The van der Waals surface area contributed by atoms with Crippen LogP contribution >= 0.6 is 0 Å². The molecule has 0 aromatic heterocycles. The zero-order valence-electron chi connectivity index (χ0n) is 6.62. The second kappa shape index (κ2) is 2.78. The van der Waals surface area contributed by atoms with E-state index in [9.17, 15) is 4.79 Å². The van der Waals surface area contributed by atoms with E-state index in [4.69, 9.17) is 0 Å². The van der Waals surface area contributed by atoms with Gasteiger partial charge in [0.15, 0.2) is 0 Å². The van der Waals surface area contributed by atoms with Crippen LogP contribution in [0.15, 0.2) is 12.2 Å². The van der Waals surface area contributed by atoms with Crippen molar-refractivity contribution in [1.82, 2.24) is 4.90 Å². The van der Waals surface area contributed by atoms with Gasteiger partial charge >= 0.3 is 0 Å². The number of rotatable bonds is 1. The molecule has 0 aromatic rings. The van der Waals surface area contributed by atoms with Gasteiger partial charge in [0, 0.05) is 19.0 Å². The molecule has 0 amide bonds. The highest BCUT2D eigenvalue weighted by atomic mass is 16.1. The lowest BCUT2D eigenvalue weighted by Crippen LogP contribution is -2.31. The van der Waals surface area contributed by atoms with Crippen LogP contribution in [0.4, 0.5) is 0 Å². The smallest absolute Gasteiger partial charge is 0.148 e. The molecule has 11 heavy (non-hydrogen) atoms. The fraction of sp³-hybridized carbons (Fsp3) is 0.667. The normalized spacial score (nSPS) is 27.1. The van der Waals surface area contributed by atoms with E-state index in [1.807, 2.05) is 0 Å². The van der Waals surface area contributed by atoms with Crippen LogP contribution in [0.3, 0.4) is 0 Å². The number of carbonyl (C=O) groups excluding carboxylic acids is 1. The quantitative estimate of drug-likeness (QED) is 0.521. The minimum atomic E-state index is 0.414. The predicted octanol–water partition coefficient (Wildman–Crippen LogP) is 0.980. The molecule has 1 aliphatic carbocycles. The van der Waals surface area contributed by atoms with Gasteiger partial charge in [-0.05, 0) is 12.8 Å². The molecule has 2 heteroatoms. The first-order valence-corrected chi connectivity index (χ1v) is 4.27. The molecule has 1 aliphatic heterocycles. The summed E-state index contributed by atoms with van der Waals surface area (Å²) in [5.41, 5.74) is 0. The molecule has 0 bridgehead atoms. The Morgan fingerprint density at radius 3 is 2.64 bits per heavy atom. The van der Waals surface area contributed by atoms with Crippen molar-refractivity contribution < 1.29 is 4.79 Å². The van der Waals surface area contributed by atoms with Crippen molar-refractivity contribution in [2.24, 2.45) is 0 Å². The van der Waals surface area contributed by atoms with E-state index in [1.54, 1.807) is 0 Å². The number of ketones is 1. The van der Waals surface area contributed by atoms with Gasteiger partial charge < -0.3 is 0 Å². The minimum absolute atomic E-state index is 0.414. The summed E-state index contributed by atoms with van der Waals surface area (Å²) in [5, 5.41) is 0. The summed E-state index contributed by atoms with van der Waals surface area (Å²) >= 11 is 0. The maximum atomic E-state index is 10.9. The summed E-state index contributed by atoms with van der Waals surface area (Å²) in [4.78, 5) is 13.3. The maximum Gasteiger partial charge on any atom is 0.148 e. The number of hydrogen-bond acceptors (Lipinski definition) is 2. The van der Waals surface area contributed by atoms with E-state index in [0.717, 1.165) is 25.8 Å². The molecular weight excluding hydrogens is 138 g/mol. The van der Waals surface area contributed by atoms with Crippen LogP contribution in [-0.2, 0) is 4.79 Å². The average molecular weight is 151 g/mol. The van der Waals surface area contributed by atoms with Gasteiger partial charge in [-0.1, -0.05) is 12.2 Å². The van der Waals surface area contributed by atoms with Crippen molar-refractivity contribution in [2.75, 3.05) is 13.1 Å². The summed E-state index contributed by atoms with van der Waals surface area (Å²) in [7, 11) is 0. The van der Waals surface area contributed by atoms with Gasteiger partial charge in [-0.15, -0.1) is 0 Å². The third kappa shape index (κ3) is 1.36. The van der Waals surface area contributed by atoms with Crippen LogP contribution in [0.25, 0.3) is 0 Å². The van der Waals surface area contributed by atoms with Crippen molar-refractivity contribution in [3.8, 4) is 0 Å². The van der Waals surface area contributed by atoms with Crippen LogP contribution in [-0.4, -0.2) is 29.8 Å². The number of nitrogens with zero attached hydrogens (tertiary/aromatic N) is 1. The zero-order valence-corrected chi connectivity index (χ0v) is 6.62. The molecule has 0 aromatic carbocycles. The molecule has 2 rings (SSSR count). The van der Waals surface area contributed by atoms with Crippen LogP contribution in [0.1, 0.15) is 19.3 Å². The monoisotopic (exact) mass is 151 g/mol. The van der Waals surface area contributed by atoms with E-state index in [2.05, 4.69) is 17.1 Å². The summed E-state index contributed by atoms with van der Waals surface area (Å²) < 4.78 is 0. The van der Waals surface area contributed by atoms with Gasteiger partial charge in [0.25, 0.3) is 0 Å². The van der Waals surface area contributed by atoms with Crippen LogP contribution in [0, 0.1) is 0 Å². The first kappa shape index (κ1) is 7.04. The number of Topliss-reactive ketones (excluding diaryl/α,β-unsaturated/α-hetero) is 1. The topological polar surface area (TPSA) is 20.3 Å². The Morgan fingerprint density at radius 1 is 1.36 bits per heavy atom. The molecule has 0 unspecified atom stereocenters. The Bertz CT molecular complexity index is 190. The van der Waals surface area contributed by atoms with E-state index < -0.39 is 0 Å². The molecule has 0 saturated carbocycles. The Morgan fingerprint density at radius 2 is 2.09 bits per heavy atom. The lowest BCUT2D eigenvalue weighted by atomic mass is 10.2. The second-order valence-electron chi connectivity index (χ2n) is 3.36. The first-order chi connectivity index (χ1) is 5.36. The third-order valence-corrected chi connectivity index (χ3v) is 2.56. The fourth-order valence-electron chi connectivity index (χ4n) is 1.87. The van der Waals surface area contributed by atoms with Crippen molar-refractivity contribution >= 4 is 5.78 Å². The van der Waals surface area contributed by atoms with Crippen molar-refractivity contribution in [1.29, 1.82) is 0 Å². The lowest BCUT2D eigenvalue weighted by Gasteiger charge is -2.21. The Kier molecular flexibility index (Phi) is 1.78. The molecule has 0 N–H and O–H groups in total. The maximum absolute atomic E-state index is 10.9. The van der Waals surface area contributed by atoms with Gasteiger partial charge in [-0.25, -0.2) is 0 Å². The fourth-order valence-corrected chi connectivity index (χ4v) is 1.87. The Balaban J connectivity index is 1.91. The molecule has 0 radical (unpaired) electrons. The summed E-state index contributed by atoms with van der Waals surface area (Å²) in [6, 6.07) is 0.640. The Hall–Kier alpha value is -0.630. The largest absolute Gasteiger partial charge is 0.298 e. The van der Waals surface area contributed by atoms with E-state index in [-0.39, 0.29) is 0 Å². The third-order valence-electron chi connectivity index (χ3n) is 2.56. The van der Waals surface area contributed by atoms with E-state index >= 15 is 0 Å². The van der Waals surface area contributed by atoms with Gasteiger partial charge in [0.2, 0.25) is 0 Å². The zero-order chi connectivity index (χ0) is 7.68. The number of likely N-dealkylation sites (tertiary alicyclic amines) is 1. The molecule has 1 fully saturated rings. The highest BCUT2D eigenvalue weighted by Crippen LogP contribution is 2.19. The molecule has 0 atom stereocenters. The Labute approximate surface area is 66.9 Å². The molecular formula is C9H13NO. The molecule has 0 spiro atoms. The molecule has 1 heterocycles. The first-order valence-electron chi connectivity index (χ1n) is 4.27. The highest BCUT2D eigenvalue weighted by Gasteiger charge is 2.26. The van der Waals surface area contributed by atoms with Crippen LogP contribution in [0.5, 0.6) is 0 Å². The number of carbonyl (C=O) groups is 1. The second-order valence-corrected chi connectivity index (χ2v) is 3.36. The number of hydrogen-bond donors (Lipinski definition) is 0. The van der Waals surface area contributed by atoms with Gasteiger partial charge in [0.05, 0.1) is 6.54 Å². The molecule has 2 aliphatic rings.